The van der Waals surface area contributed by atoms with E-state index in [9.17, 15) is 14.4 Å². The maximum Gasteiger partial charge on any atom is 0.276 e. The lowest BCUT2D eigenvalue weighted by Crippen LogP contribution is -2.20. The molecule has 2 aromatic carbocycles. The number of fused-ring (bicyclic) bond motifs is 2. The number of amides is 3. The second-order valence-electron chi connectivity index (χ2n) is 11.8. The fraction of sp³-hybridized carbons (Fsp3) is 0.324. The van der Waals surface area contributed by atoms with E-state index in [-0.39, 0.29) is 11.8 Å². The molecule has 0 saturated carbocycles. The first-order valence-electron chi connectivity index (χ1n) is 16.3. The van der Waals surface area contributed by atoms with Crippen LogP contribution in [0.5, 0.6) is 0 Å². The Kier molecular flexibility index (Phi) is 9.27. The molecule has 6 N–H and O–H groups in total. The summed E-state index contributed by atoms with van der Waals surface area (Å²) >= 11 is 0. The smallest absolute Gasteiger partial charge is 0.276 e. The summed E-state index contributed by atoms with van der Waals surface area (Å²) in [6.07, 6.45) is 1.38. The molecule has 254 valence electrons. The van der Waals surface area contributed by atoms with E-state index in [1.54, 1.807) is 39.7 Å². The molecule has 4 aromatic heterocycles. The van der Waals surface area contributed by atoms with Gasteiger partial charge in [0.2, 0.25) is 17.8 Å². The summed E-state index contributed by atoms with van der Waals surface area (Å²) in [5.41, 5.74) is 18.0. The van der Waals surface area contributed by atoms with Crippen LogP contribution < -0.4 is 22.1 Å². The number of unbranched alkanes of at least 4 members (excludes halogenated alkanes) is 1. The van der Waals surface area contributed by atoms with E-state index >= 15 is 0 Å². The van der Waals surface area contributed by atoms with Gasteiger partial charge in [0.15, 0.2) is 0 Å². The van der Waals surface area contributed by atoms with Crippen molar-refractivity contribution >= 4 is 51.7 Å². The van der Waals surface area contributed by atoms with Crippen molar-refractivity contribution in [2.24, 2.45) is 11.5 Å². The molecule has 0 radical (unpaired) electrons. The Balaban J connectivity index is 1.26. The number of hydrogen-bond donors (Lipinski definition) is 4. The van der Waals surface area contributed by atoms with Crippen LogP contribution in [-0.2, 0) is 32.7 Å². The first-order valence-corrected chi connectivity index (χ1v) is 16.3. The number of aromatic nitrogens is 8. The van der Waals surface area contributed by atoms with Crippen molar-refractivity contribution in [3.63, 3.8) is 0 Å². The molecule has 0 aliphatic heterocycles. The van der Waals surface area contributed by atoms with Crippen LogP contribution in [0.4, 0.5) is 11.9 Å². The zero-order chi connectivity index (χ0) is 34.8. The lowest BCUT2D eigenvalue weighted by Gasteiger charge is -2.13. The predicted molar refractivity (Wildman–Crippen MR) is 186 cm³/mol. The summed E-state index contributed by atoms with van der Waals surface area (Å²) in [4.78, 5) is 48.2. The molecule has 0 spiro atoms. The summed E-state index contributed by atoms with van der Waals surface area (Å²) < 4.78 is 7.22. The molecule has 15 heteroatoms. The quantitative estimate of drug-likeness (QED) is 0.133. The van der Waals surface area contributed by atoms with Crippen LogP contribution in [0.1, 0.15) is 75.0 Å². The van der Waals surface area contributed by atoms with Gasteiger partial charge in [-0.1, -0.05) is 12.1 Å². The number of rotatable bonds is 13. The van der Waals surface area contributed by atoms with E-state index < -0.39 is 5.91 Å². The van der Waals surface area contributed by atoms with Gasteiger partial charge in [-0.3, -0.25) is 34.4 Å². The summed E-state index contributed by atoms with van der Waals surface area (Å²) in [7, 11) is 0. The Morgan fingerprint density at radius 1 is 0.755 bits per heavy atom. The van der Waals surface area contributed by atoms with Crippen LogP contribution in [0.25, 0.3) is 22.1 Å². The monoisotopic (exact) mass is 664 g/mol. The molecule has 0 aliphatic rings. The molecule has 49 heavy (non-hydrogen) atoms. The summed E-state index contributed by atoms with van der Waals surface area (Å²) in [5.74, 6) is -0.431. The lowest BCUT2D eigenvalue weighted by molar-refractivity contribution is 0.0995. The van der Waals surface area contributed by atoms with Crippen LogP contribution in [0.2, 0.25) is 0 Å². The number of benzene rings is 2. The molecule has 3 amide bonds. The maximum atomic E-state index is 13.4. The molecule has 0 atom stereocenters. The normalized spacial score (nSPS) is 11.4. The average Bonchev–Trinajstić information content (AvgIpc) is 3.85. The van der Waals surface area contributed by atoms with Gasteiger partial charge in [0.05, 0.1) is 33.5 Å². The number of anilines is 2. The third kappa shape index (κ3) is 6.52. The van der Waals surface area contributed by atoms with Crippen molar-refractivity contribution in [3.8, 4) is 0 Å². The minimum absolute atomic E-state index is 0.298. The fourth-order valence-corrected chi connectivity index (χ4v) is 6.11. The molecule has 4 heterocycles. The number of nitrogens with one attached hydrogen (secondary N) is 2. The van der Waals surface area contributed by atoms with Crippen molar-refractivity contribution in [1.29, 1.82) is 0 Å². The number of nitrogens with two attached hydrogens (primary N) is 2. The van der Waals surface area contributed by atoms with Crippen molar-refractivity contribution < 1.29 is 14.4 Å². The van der Waals surface area contributed by atoms with Crippen LogP contribution in [0, 0.1) is 13.8 Å². The molecular formula is C34H40N12O3. The van der Waals surface area contributed by atoms with Gasteiger partial charge in [0.25, 0.3) is 11.8 Å². The van der Waals surface area contributed by atoms with E-state index in [1.165, 1.54) is 0 Å². The molecule has 0 unspecified atom stereocenters. The molecule has 15 nitrogen and oxygen atoms in total. The highest BCUT2D eigenvalue weighted by molar-refractivity contribution is 6.04. The van der Waals surface area contributed by atoms with Crippen molar-refractivity contribution in [1.82, 2.24) is 38.7 Å². The Morgan fingerprint density at radius 3 is 1.88 bits per heavy atom. The number of nitrogens with zero attached hydrogens (tertiary/aromatic N) is 8. The maximum absolute atomic E-state index is 13.4. The number of para-hydroxylation sites is 1. The highest BCUT2D eigenvalue weighted by atomic mass is 16.2. The lowest BCUT2D eigenvalue weighted by atomic mass is 10.2. The summed E-state index contributed by atoms with van der Waals surface area (Å²) in [6, 6.07) is 14.4. The summed E-state index contributed by atoms with van der Waals surface area (Å²) in [5, 5.41) is 14.8. The van der Waals surface area contributed by atoms with E-state index in [0.29, 0.717) is 79.9 Å². The molecule has 0 saturated heterocycles. The van der Waals surface area contributed by atoms with Gasteiger partial charge < -0.3 is 20.6 Å². The van der Waals surface area contributed by atoms with Gasteiger partial charge in [-0.15, -0.1) is 0 Å². The SMILES string of the molecule is CCn1nc(C)cc1C(=O)Nc1nc2cc(C(N)=O)ccc2n1CCCCn1c(NC(=O)c2cc(C)nn2CC)nc2c(CN)cccc21. The predicted octanol–water partition coefficient (Wildman–Crippen LogP) is 3.98. The Hall–Kier alpha value is -5.83. The minimum atomic E-state index is -0.563. The standard InChI is InChI=1S/C34H40N12O3/c1-5-45-27(16-20(3)41-45)31(48)39-33-37-24-18-22(30(36)47)12-13-25(24)43(33)14-7-8-15-44-26-11-9-10-23(19-35)29(26)38-34(44)40-32(49)28-17-21(4)42-46(28)6-2/h9-13,16-18H,5-8,14-15,19,35H2,1-4H3,(H2,36,47)(H,37,39,48)(H,38,40,49). The Labute approximate surface area is 282 Å². The average molecular weight is 665 g/mol. The second kappa shape index (κ2) is 13.7. The van der Waals surface area contributed by atoms with E-state index in [2.05, 4.69) is 25.8 Å². The van der Waals surface area contributed by atoms with Crippen LogP contribution in [0.3, 0.4) is 0 Å². The number of hydrogen-bond acceptors (Lipinski definition) is 8. The molecule has 6 aromatic rings. The van der Waals surface area contributed by atoms with Gasteiger partial charge in [-0.25, -0.2) is 9.97 Å². The largest absolute Gasteiger partial charge is 0.366 e. The molecular weight excluding hydrogens is 624 g/mol. The minimum Gasteiger partial charge on any atom is -0.366 e. The molecule has 0 aliphatic carbocycles. The van der Waals surface area contributed by atoms with Crippen LogP contribution >= 0.6 is 0 Å². The zero-order valence-corrected chi connectivity index (χ0v) is 28.0. The van der Waals surface area contributed by atoms with Crippen molar-refractivity contribution in [2.45, 2.75) is 73.3 Å². The van der Waals surface area contributed by atoms with Crippen molar-refractivity contribution in [3.05, 3.63) is 82.4 Å². The van der Waals surface area contributed by atoms with Gasteiger partial charge in [0, 0.05) is 38.3 Å². The third-order valence-corrected chi connectivity index (χ3v) is 8.45. The van der Waals surface area contributed by atoms with E-state index in [4.69, 9.17) is 16.5 Å². The second-order valence-corrected chi connectivity index (χ2v) is 11.8. The number of primary amides is 1. The topological polar surface area (TPSA) is 199 Å². The van der Waals surface area contributed by atoms with Crippen LogP contribution in [-0.4, -0.2) is 56.4 Å². The first kappa shape index (κ1) is 33.1. The van der Waals surface area contributed by atoms with Gasteiger partial charge in [-0.2, -0.15) is 10.2 Å². The zero-order valence-electron chi connectivity index (χ0n) is 28.0. The number of carbonyl (C=O) groups is 3. The Morgan fingerprint density at radius 2 is 1.33 bits per heavy atom. The van der Waals surface area contributed by atoms with Crippen LogP contribution in [0.15, 0.2) is 48.5 Å². The van der Waals surface area contributed by atoms with E-state index in [1.807, 2.05) is 55.0 Å². The van der Waals surface area contributed by atoms with Gasteiger partial charge >= 0.3 is 0 Å². The fourth-order valence-electron chi connectivity index (χ4n) is 6.11. The van der Waals surface area contributed by atoms with Crippen molar-refractivity contribution in [2.75, 3.05) is 10.6 Å². The molecule has 6 rings (SSSR count). The number of carbonyl (C=O) groups excluding carboxylic acids is 3. The highest BCUT2D eigenvalue weighted by Gasteiger charge is 2.21. The molecule has 0 bridgehead atoms. The van der Waals surface area contributed by atoms with Gasteiger partial charge in [0.1, 0.15) is 11.4 Å². The third-order valence-electron chi connectivity index (χ3n) is 8.45. The number of imidazole rings is 2. The number of aryl methyl sites for hydroxylation is 6. The van der Waals surface area contributed by atoms with E-state index in [0.717, 1.165) is 33.5 Å². The Bertz CT molecular complexity index is 2200. The first-order chi connectivity index (χ1) is 23.6. The van der Waals surface area contributed by atoms with Gasteiger partial charge in [-0.05, 0) is 82.5 Å². The summed E-state index contributed by atoms with van der Waals surface area (Å²) in [6.45, 7) is 9.99. The highest BCUT2D eigenvalue weighted by Crippen LogP contribution is 2.26. The molecule has 0 fully saturated rings.